The lowest BCUT2D eigenvalue weighted by Gasteiger charge is -2.35. The maximum absolute atomic E-state index is 14.4. The monoisotopic (exact) mass is 539 g/mol. The van der Waals surface area contributed by atoms with Crippen molar-refractivity contribution in [2.24, 2.45) is 5.41 Å². The van der Waals surface area contributed by atoms with Crippen LogP contribution in [-0.2, 0) is 0 Å². The number of carbonyl (C=O) groups is 1. The van der Waals surface area contributed by atoms with Crippen LogP contribution >= 0.6 is 11.6 Å². The van der Waals surface area contributed by atoms with Crippen molar-refractivity contribution < 1.29 is 19.0 Å². The second-order valence-corrected chi connectivity index (χ2v) is 10.1. The van der Waals surface area contributed by atoms with Gasteiger partial charge in [0.25, 0.3) is 0 Å². The molecule has 39 heavy (non-hydrogen) atoms. The third-order valence-electron chi connectivity index (χ3n) is 7.62. The molecule has 0 saturated carbocycles. The van der Waals surface area contributed by atoms with Crippen molar-refractivity contribution in [2.45, 2.75) is 24.9 Å². The Kier molecular flexibility index (Phi) is 6.72. The molecule has 0 N–H and O–H groups in total. The highest BCUT2D eigenvalue weighted by Gasteiger charge is 2.63. The van der Waals surface area contributed by atoms with Crippen LogP contribution in [0.4, 0.5) is 5.69 Å². The summed E-state index contributed by atoms with van der Waals surface area (Å²) in [5, 5.41) is 21.9. The number of methoxy groups -OCH3 is 3. The van der Waals surface area contributed by atoms with E-state index in [0.717, 1.165) is 16.8 Å². The summed E-state index contributed by atoms with van der Waals surface area (Å²) in [6.45, 7) is 1.95. The van der Waals surface area contributed by atoms with Crippen LogP contribution in [0.5, 0.6) is 17.2 Å². The van der Waals surface area contributed by atoms with E-state index in [0.29, 0.717) is 33.4 Å². The Morgan fingerprint density at radius 3 is 2.15 bits per heavy atom. The molecule has 0 spiro atoms. The van der Waals surface area contributed by atoms with E-state index in [1.54, 1.807) is 30.3 Å². The maximum atomic E-state index is 14.4. The number of aryl methyl sites for hydroxylation is 1. The highest BCUT2D eigenvalue weighted by Crippen LogP contribution is 2.57. The summed E-state index contributed by atoms with van der Waals surface area (Å²) < 4.78 is 16.7. The largest absolute Gasteiger partial charge is 0.493 e. The molecule has 8 heteroatoms. The summed E-state index contributed by atoms with van der Waals surface area (Å²) in [4.78, 5) is 16.3. The Morgan fingerprint density at radius 2 is 1.59 bits per heavy atom. The van der Waals surface area contributed by atoms with Gasteiger partial charge >= 0.3 is 0 Å². The van der Waals surface area contributed by atoms with Gasteiger partial charge in [-0.3, -0.25) is 4.79 Å². The van der Waals surface area contributed by atoms with Crippen molar-refractivity contribution in [1.29, 1.82) is 10.5 Å². The summed E-state index contributed by atoms with van der Waals surface area (Å²) in [5.74, 6) is 0.0328. The van der Waals surface area contributed by atoms with Crippen LogP contribution in [0.2, 0.25) is 5.02 Å². The van der Waals surface area contributed by atoms with E-state index in [2.05, 4.69) is 12.1 Å². The van der Waals surface area contributed by atoms with Gasteiger partial charge in [-0.05, 0) is 48.4 Å². The fourth-order valence-corrected chi connectivity index (χ4v) is 5.99. The summed E-state index contributed by atoms with van der Waals surface area (Å²) in [7, 11) is 4.50. The van der Waals surface area contributed by atoms with Crippen molar-refractivity contribution >= 4 is 29.1 Å². The number of ether oxygens (including phenoxy) is 3. The number of nitriles is 2. The second kappa shape index (κ2) is 10.0. The zero-order valence-electron chi connectivity index (χ0n) is 21.9. The smallest absolute Gasteiger partial charge is 0.203 e. The molecular weight excluding hydrogens is 514 g/mol. The molecule has 0 amide bonds. The van der Waals surface area contributed by atoms with Gasteiger partial charge in [-0.2, -0.15) is 10.5 Å². The van der Waals surface area contributed by atoms with Gasteiger partial charge in [0.15, 0.2) is 22.7 Å². The summed E-state index contributed by atoms with van der Waals surface area (Å²) >= 11 is 6.30. The standard InChI is InChI=1S/C31H26ClN3O4/c1-18-5-7-19(8-6-18)29(36)28-27(21-14-24(37-2)30(39-4)25(15-21)38-3)31(16-33,17-34)26-12-9-20-13-22(32)10-11-23(20)35(26)28/h5-15,26-28H,1-4H3/t26-,27-,28+/m0/s1. The fraction of sp³-hybridized carbons (Fsp3) is 0.258. The van der Waals surface area contributed by atoms with Gasteiger partial charge in [0.1, 0.15) is 6.04 Å². The van der Waals surface area contributed by atoms with E-state index in [1.165, 1.54) is 21.3 Å². The molecule has 196 valence electrons. The number of benzene rings is 3. The molecule has 7 nitrogen and oxygen atoms in total. The fourth-order valence-electron chi connectivity index (χ4n) is 5.81. The molecule has 1 saturated heterocycles. The van der Waals surface area contributed by atoms with Crippen LogP contribution in [0.1, 0.15) is 33.0 Å². The van der Waals surface area contributed by atoms with Crippen LogP contribution in [0.3, 0.4) is 0 Å². The highest BCUT2D eigenvalue weighted by atomic mass is 35.5. The molecule has 0 aliphatic carbocycles. The Morgan fingerprint density at radius 1 is 0.949 bits per heavy atom. The molecule has 5 rings (SSSR count). The number of halogens is 1. The molecule has 0 bridgehead atoms. The average molecular weight is 540 g/mol. The minimum atomic E-state index is -1.62. The van der Waals surface area contributed by atoms with Crippen molar-refractivity contribution in [3.8, 4) is 29.4 Å². The molecular formula is C31H26ClN3O4. The van der Waals surface area contributed by atoms with Crippen molar-refractivity contribution in [2.75, 3.05) is 26.2 Å². The molecule has 2 aliphatic heterocycles. The first-order valence-corrected chi connectivity index (χ1v) is 12.7. The van der Waals surface area contributed by atoms with E-state index in [9.17, 15) is 15.3 Å². The third kappa shape index (κ3) is 3.98. The van der Waals surface area contributed by atoms with Crippen LogP contribution in [0.25, 0.3) is 6.08 Å². The number of rotatable bonds is 6. The van der Waals surface area contributed by atoms with E-state index >= 15 is 0 Å². The van der Waals surface area contributed by atoms with Gasteiger partial charge in [-0.1, -0.05) is 53.6 Å². The lowest BCUT2D eigenvalue weighted by Crippen LogP contribution is -2.44. The maximum Gasteiger partial charge on any atom is 0.203 e. The molecule has 0 unspecified atom stereocenters. The third-order valence-corrected chi connectivity index (χ3v) is 7.85. The first-order valence-electron chi connectivity index (χ1n) is 12.3. The van der Waals surface area contributed by atoms with Gasteiger partial charge in [0.05, 0.1) is 39.5 Å². The zero-order valence-corrected chi connectivity index (χ0v) is 22.7. The van der Waals surface area contributed by atoms with Crippen LogP contribution < -0.4 is 19.1 Å². The van der Waals surface area contributed by atoms with E-state index < -0.39 is 23.4 Å². The highest BCUT2D eigenvalue weighted by molar-refractivity contribution is 6.30. The van der Waals surface area contributed by atoms with Crippen LogP contribution in [-0.4, -0.2) is 39.2 Å². The van der Waals surface area contributed by atoms with Crippen molar-refractivity contribution in [1.82, 2.24) is 0 Å². The van der Waals surface area contributed by atoms with Gasteiger partial charge in [0, 0.05) is 22.2 Å². The Hall–Kier alpha value is -4.46. The number of ketones is 1. The van der Waals surface area contributed by atoms with Crippen molar-refractivity contribution in [3.63, 3.8) is 0 Å². The van der Waals surface area contributed by atoms with E-state index in [4.69, 9.17) is 25.8 Å². The first kappa shape index (κ1) is 26.2. The molecule has 1 fully saturated rings. The van der Waals surface area contributed by atoms with Gasteiger partial charge < -0.3 is 19.1 Å². The Bertz CT molecular complexity index is 1530. The first-order chi connectivity index (χ1) is 18.8. The molecule has 0 radical (unpaired) electrons. The summed E-state index contributed by atoms with van der Waals surface area (Å²) in [6, 6.07) is 19.2. The molecule has 2 aliphatic rings. The average Bonchev–Trinajstić information content (AvgIpc) is 3.27. The van der Waals surface area contributed by atoms with Crippen molar-refractivity contribution in [3.05, 3.63) is 87.9 Å². The van der Waals surface area contributed by atoms with Crippen LogP contribution in [0, 0.1) is 35.0 Å². The number of Topliss-reactive ketones (excluding diaryl/α,β-unsaturated/α-hetero) is 1. The van der Waals surface area contributed by atoms with E-state index in [-0.39, 0.29) is 5.78 Å². The molecule has 2 heterocycles. The summed E-state index contributed by atoms with van der Waals surface area (Å²) in [6.07, 6.45) is 3.68. The molecule has 3 aromatic carbocycles. The second-order valence-electron chi connectivity index (χ2n) is 9.62. The predicted molar refractivity (Wildman–Crippen MR) is 149 cm³/mol. The molecule has 0 aromatic heterocycles. The van der Waals surface area contributed by atoms with Gasteiger partial charge in [0.2, 0.25) is 5.75 Å². The number of anilines is 1. The summed E-state index contributed by atoms with van der Waals surface area (Å²) in [5.41, 5.74) is 1.96. The normalized spacial score (nSPS) is 20.3. The molecule has 3 atom stereocenters. The number of hydrogen-bond donors (Lipinski definition) is 0. The number of carbonyl (C=O) groups excluding carboxylic acids is 1. The van der Waals surface area contributed by atoms with Gasteiger partial charge in [-0.25, -0.2) is 0 Å². The lowest BCUT2D eigenvalue weighted by atomic mass is 9.69. The molecule has 3 aromatic rings. The Labute approximate surface area is 232 Å². The topological polar surface area (TPSA) is 95.6 Å². The van der Waals surface area contributed by atoms with E-state index in [1.807, 2.05) is 48.2 Å². The minimum absolute atomic E-state index is 0.206. The minimum Gasteiger partial charge on any atom is -0.493 e. The number of hydrogen-bond acceptors (Lipinski definition) is 7. The Balaban J connectivity index is 1.82. The van der Waals surface area contributed by atoms with Crippen LogP contribution in [0.15, 0.2) is 60.7 Å². The number of fused-ring (bicyclic) bond motifs is 3. The quantitative estimate of drug-likeness (QED) is 0.357. The lowest BCUT2D eigenvalue weighted by molar-refractivity contribution is 0.0950. The number of nitrogens with zero attached hydrogens (tertiary/aromatic N) is 3. The van der Waals surface area contributed by atoms with Gasteiger partial charge in [-0.15, -0.1) is 0 Å². The zero-order chi connectivity index (χ0) is 27.9. The predicted octanol–water partition coefficient (Wildman–Crippen LogP) is 5.96. The SMILES string of the molecule is COc1cc([C@H]2[C@H](C(=O)c3ccc(C)cc3)N3c4ccc(Cl)cc4C=C[C@H]3C2(C#N)C#N)cc(OC)c1OC.